The third-order valence-corrected chi connectivity index (χ3v) is 5.48. The van der Waals surface area contributed by atoms with Crippen molar-refractivity contribution in [1.29, 1.82) is 0 Å². The van der Waals surface area contributed by atoms with Crippen molar-refractivity contribution in [1.82, 2.24) is 0 Å². The second-order valence-corrected chi connectivity index (χ2v) is 7.74. The van der Waals surface area contributed by atoms with Gasteiger partial charge in [0.25, 0.3) is 0 Å². The standard InChI is InChI=1S/C23H24F3NOS.C2H6/c1-3-7-19(4-2)28-22-15-18(11-13-21(22)23(24,25)26)27-29-20-12-10-16-8-5-6-9-17(16)14-20;1-2/h5-6,8-15,19,27H,3-4,7H2,1-2H3;1-2H3. The molecule has 2 nitrogen and oxygen atoms in total. The van der Waals surface area contributed by atoms with Crippen molar-refractivity contribution in [3.63, 3.8) is 0 Å². The number of benzene rings is 3. The van der Waals surface area contributed by atoms with Crippen LogP contribution in [0.5, 0.6) is 5.75 Å². The molecule has 0 bridgehead atoms. The van der Waals surface area contributed by atoms with Crippen LogP contribution < -0.4 is 9.46 Å². The molecule has 6 heteroatoms. The normalized spacial score (nSPS) is 12.1. The summed E-state index contributed by atoms with van der Waals surface area (Å²) < 4.78 is 49.1. The zero-order chi connectivity index (χ0) is 22.9. The van der Waals surface area contributed by atoms with E-state index >= 15 is 0 Å². The van der Waals surface area contributed by atoms with Gasteiger partial charge in [0.05, 0.1) is 11.7 Å². The number of hydrogen-bond acceptors (Lipinski definition) is 3. The average molecular weight is 450 g/mol. The fourth-order valence-corrected chi connectivity index (χ4v) is 3.80. The van der Waals surface area contributed by atoms with Crippen molar-refractivity contribution in [2.45, 2.75) is 64.1 Å². The third-order valence-electron chi connectivity index (χ3n) is 4.65. The number of halogens is 3. The molecular weight excluding hydrogens is 419 g/mol. The van der Waals surface area contributed by atoms with Crippen molar-refractivity contribution in [3.8, 4) is 5.75 Å². The summed E-state index contributed by atoms with van der Waals surface area (Å²) in [6, 6.07) is 18.0. The van der Waals surface area contributed by atoms with Gasteiger partial charge < -0.3 is 9.46 Å². The lowest BCUT2D eigenvalue weighted by Crippen LogP contribution is -2.18. The lowest BCUT2D eigenvalue weighted by Gasteiger charge is -2.21. The van der Waals surface area contributed by atoms with Crippen LogP contribution in [0.3, 0.4) is 0 Å². The Kier molecular flexibility index (Phi) is 9.56. The first-order chi connectivity index (χ1) is 14.9. The number of fused-ring (bicyclic) bond motifs is 1. The van der Waals surface area contributed by atoms with Crippen LogP contribution in [0, 0.1) is 0 Å². The topological polar surface area (TPSA) is 21.3 Å². The minimum atomic E-state index is -4.45. The van der Waals surface area contributed by atoms with Crippen molar-refractivity contribution >= 4 is 28.4 Å². The number of hydrogen-bond donors (Lipinski definition) is 1. The molecule has 1 unspecified atom stereocenters. The highest BCUT2D eigenvalue weighted by Crippen LogP contribution is 2.39. The van der Waals surface area contributed by atoms with Gasteiger partial charge in [0, 0.05) is 16.6 Å². The van der Waals surface area contributed by atoms with Gasteiger partial charge in [-0.2, -0.15) is 13.2 Å². The van der Waals surface area contributed by atoms with Crippen LogP contribution in [0.4, 0.5) is 18.9 Å². The molecule has 3 aromatic carbocycles. The number of anilines is 1. The van der Waals surface area contributed by atoms with E-state index in [9.17, 15) is 13.2 Å². The molecule has 0 amide bonds. The Balaban J connectivity index is 0.00000166. The summed E-state index contributed by atoms with van der Waals surface area (Å²) in [6.45, 7) is 7.92. The van der Waals surface area contributed by atoms with E-state index in [0.29, 0.717) is 12.1 Å². The Labute approximate surface area is 187 Å². The maximum Gasteiger partial charge on any atom is 0.419 e. The molecule has 0 radical (unpaired) electrons. The van der Waals surface area contributed by atoms with Crippen LogP contribution in [0.2, 0.25) is 0 Å². The second kappa shape index (κ2) is 11.9. The summed E-state index contributed by atoms with van der Waals surface area (Å²) >= 11 is 1.36. The van der Waals surface area contributed by atoms with Gasteiger partial charge in [0.1, 0.15) is 5.75 Å². The fourth-order valence-electron chi connectivity index (χ4n) is 3.11. The molecule has 1 N–H and O–H groups in total. The highest BCUT2D eigenvalue weighted by molar-refractivity contribution is 8.00. The number of ether oxygens (including phenoxy) is 1. The van der Waals surface area contributed by atoms with Crippen LogP contribution in [0.25, 0.3) is 10.8 Å². The Morgan fingerprint density at radius 2 is 1.65 bits per heavy atom. The van der Waals surface area contributed by atoms with Gasteiger partial charge in [0.2, 0.25) is 0 Å². The van der Waals surface area contributed by atoms with Gasteiger partial charge in [-0.05, 0) is 59.8 Å². The smallest absolute Gasteiger partial charge is 0.419 e. The molecule has 0 saturated carbocycles. The Morgan fingerprint density at radius 1 is 0.935 bits per heavy atom. The highest BCUT2D eigenvalue weighted by Gasteiger charge is 2.35. The van der Waals surface area contributed by atoms with Gasteiger partial charge in [-0.1, -0.05) is 64.4 Å². The molecule has 0 spiro atoms. The largest absolute Gasteiger partial charge is 0.490 e. The van der Waals surface area contributed by atoms with E-state index in [-0.39, 0.29) is 11.9 Å². The average Bonchev–Trinajstić information content (AvgIpc) is 2.78. The maximum absolute atomic E-state index is 13.4. The molecule has 1 atom stereocenters. The Bertz CT molecular complexity index is 959. The highest BCUT2D eigenvalue weighted by atomic mass is 32.2. The SMILES string of the molecule is CC.CCCC(CC)Oc1cc(NSc2ccc3ccccc3c2)ccc1C(F)(F)F. The van der Waals surface area contributed by atoms with Crippen LogP contribution >= 0.6 is 11.9 Å². The lowest BCUT2D eigenvalue weighted by molar-refractivity contribution is -0.139. The summed E-state index contributed by atoms with van der Waals surface area (Å²) in [4.78, 5) is 0.975. The molecule has 0 aliphatic carbocycles. The minimum absolute atomic E-state index is 0.123. The summed E-state index contributed by atoms with van der Waals surface area (Å²) in [5, 5.41) is 2.25. The third kappa shape index (κ3) is 7.10. The molecule has 0 fully saturated rings. The number of alkyl halides is 3. The molecule has 0 saturated heterocycles. The van der Waals surface area contributed by atoms with Crippen molar-refractivity contribution in [2.24, 2.45) is 0 Å². The quantitative estimate of drug-likeness (QED) is 0.347. The predicted molar refractivity (Wildman–Crippen MR) is 126 cm³/mol. The van der Waals surface area contributed by atoms with Gasteiger partial charge in [0.15, 0.2) is 0 Å². The van der Waals surface area contributed by atoms with Crippen LogP contribution in [-0.4, -0.2) is 6.10 Å². The molecule has 0 aromatic heterocycles. The van der Waals surface area contributed by atoms with E-state index in [1.165, 1.54) is 24.1 Å². The van der Waals surface area contributed by atoms with E-state index in [0.717, 1.165) is 34.6 Å². The zero-order valence-electron chi connectivity index (χ0n) is 18.4. The van der Waals surface area contributed by atoms with Crippen molar-refractivity contribution in [3.05, 3.63) is 66.2 Å². The Hall–Kier alpha value is -2.34. The Morgan fingerprint density at radius 3 is 2.29 bits per heavy atom. The first-order valence-corrected chi connectivity index (χ1v) is 11.5. The van der Waals surface area contributed by atoms with Crippen LogP contribution in [0.1, 0.15) is 52.5 Å². The number of rotatable bonds is 8. The molecule has 3 aromatic rings. The summed E-state index contributed by atoms with van der Waals surface area (Å²) in [5.74, 6) is -0.123. The first-order valence-electron chi connectivity index (χ1n) is 10.7. The van der Waals surface area contributed by atoms with E-state index in [2.05, 4.69) is 4.72 Å². The van der Waals surface area contributed by atoms with Crippen LogP contribution in [0.15, 0.2) is 65.6 Å². The molecule has 0 aliphatic rings. The minimum Gasteiger partial charge on any atom is -0.490 e. The van der Waals surface area contributed by atoms with Gasteiger partial charge in [-0.3, -0.25) is 0 Å². The molecule has 0 heterocycles. The summed E-state index contributed by atoms with van der Waals surface area (Å²) in [5.41, 5.74) is -0.175. The first kappa shape index (κ1) is 24.9. The molecule has 0 aliphatic heterocycles. The lowest BCUT2D eigenvalue weighted by atomic mass is 10.1. The van der Waals surface area contributed by atoms with Gasteiger partial charge >= 0.3 is 6.18 Å². The predicted octanol–water partition coefficient (Wildman–Crippen LogP) is 8.96. The van der Waals surface area contributed by atoms with Gasteiger partial charge in [-0.15, -0.1) is 0 Å². The van der Waals surface area contributed by atoms with Crippen molar-refractivity contribution in [2.75, 3.05) is 4.72 Å². The van der Waals surface area contributed by atoms with E-state index < -0.39 is 11.7 Å². The molecule has 31 heavy (non-hydrogen) atoms. The summed E-state index contributed by atoms with van der Waals surface area (Å²) in [7, 11) is 0. The second-order valence-electron chi connectivity index (χ2n) is 6.86. The molecule has 168 valence electrons. The maximum atomic E-state index is 13.4. The van der Waals surface area contributed by atoms with Crippen LogP contribution in [-0.2, 0) is 6.18 Å². The molecule has 3 rings (SSSR count). The van der Waals surface area contributed by atoms with Gasteiger partial charge in [-0.25, -0.2) is 0 Å². The monoisotopic (exact) mass is 449 g/mol. The van der Waals surface area contributed by atoms with E-state index in [4.69, 9.17) is 4.74 Å². The van der Waals surface area contributed by atoms with E-state index in [1.807, 2.05) is 70.2 Å². The summed E-state index contributed by atoms with van der Waals surface area (Å²) in [6.07, 6.45) is -2.45. The zero-order valence-corrected chi connectivity index (χ0v) is 19.2. The van der Waals surface area contributed by atoms with Crippen molar-refractivity contribution < 1.29 is 17.9 Å². The fraction of sp³-hybridized carbons (Fsp3) is 0.360. The molecular formula is C25H30F3NOS. The van der Waals surface area contributed by atoms with E-state index in [1.54, 1.807) is 0 Å². The number of nitrogens with one attached hydrogen (secondary N) is 1.